The molecule has 8 heteroatoms. The molecule has 1 aromatic rings. The summed E-state index contributed by atoms with van der Waals surface area (Å²) in [6.07, 6.45) is 6.79. The van der Waals surface area contributed by atoms with Gasteiger partial charge in [0.1, 0.15) is 5.75 Å². The van der Waals surface area contributed by atoms with Gasteiger partial charge in [-0.25, -0.2) is 0 Å². The maximum absolute atomic E-state index is 12.3. The molecule has 2 aliphatic rings. The van der Waals surface area contributed by atoms with E-state index in [4.69, 9.17) is 4.74 Å². The number of carbonyl (C=O) groups is 1. The molecule has 1 unspecified atom stereocenters. The fourth-order valence-electron chi connectivity index (χ4n) is 3.56. The molecule has 3 N–H and O–H groups in total. The van der Waals surface area contributed by atoms with Crippen LogP contribution in [0, 0.1) is 11.8 Å². The van der Waals surface area contributed by atoms with Crippen LogP contribution in [0.1, 0.15) is 25.7 Å². The Kier molecular flexibility index (Phi) is 9.50. The van der Waals surface area contributed by atoms with Crippen molar-refractivity contribution in [2.45, 2.75) is 37.8 Å². The molecule has 6 nitrogen and oxygen atoms in total. The number of hydrogen-bond acceptors (Lipinski definition) is 5. The number of hydrogen-bond donors (Lipinski definition) is 3. The quantitative estimate of drug-likeness (QED) is 0.685. The molecular weight excluding hydrogens is 365 g/mol. The number of halogens is 2. The standard InChI is InChI=1S/C17H25N3O3.2ClH/c21-14-8-13(9-14)17(12-3-6-18-7-4-12)20-16(22)11-23-15-2-1-5-19-10-15;;/h1-2,5,10,12-14,17-18,21H,3-4,6-9,11H2,(H,20,22);2*1H. The number of aliphatic hydroxyl groups is 1. The number of aliphatic hydroxyl groups excluding tert-OH is 1. The summed E-state index contributed by atoms with van der Waals surface area (Å²) in [5.74, 6) is 1.37. The molecular formula is C17H27Cl2N3O3. The molecule has 1 aliphatic carbocycles. The molecule has 1 aromatic heterocycles. The van der Waals surface area contributed by atoms with E-state index < -0.39 is 0 Å². The van der Waals surface area contributed by atoms with Crippen LogP contribution in [0.3, 0.4) is 0 Å². The molecule has 1 amide bonds. The van der Waals surface area contributed by atoms with Crippen molar-refractivity contribution in [1.82, 2.24) is 15.6 Å². The van der Waals surface area contributed by atoms with Crippen LogP contribution >= 0.6 is 24.8 Å². The van der Waals surface area contributed by atoms with Crippen molar-refractivity contribution in [3.05, 3.63) is 24.5 Å². The Labute approximate surface area is 160 Å². The van der Waals surface area contributed by atoms with Crippen LogP contribution in [0.5, 0.6) is 5.75 Å². The molecule has 0 aromatic carbocycles. The summed E-state index contributed by atoms with van der Waals surface area (Å²) in [7, 11) is 0. The van der Waals surface area contributed by atoms with Crippen LogP contribution in [-0.2, 0) is 4.79 Å². The molecule has 3 rings (SSSR count). The van der Waals surface area contributed by atoms with Crippen molar-refractivity contribution < 1.29 is 14.6 Å². The number of piperidine rings is 1. The Hall–Kier alpha value is -1.08. The van der Waals surface area contributed by atoms with E-state index in [1.165, 1.54) is 0 Å². The minimum atomic E-state index is -0.201. The average molecular weight is 392 g/mol. The Bertz CT molecular complexity index is 509. The molecule has 2 heterocycles. The molecule has 1 saturated carbocycles. The Morgan fingerprint density at radius 3 is 2.64 bits per heavy atom. The third-order valence-corrected chi connectivity index (χ3v) is 4.88. The number of ether oxygens (including phenoxy) is 1. The monoisotopic (exact) mass is 391 g/mol. The smallest absolute Gasteiger partial charge is 0.258 e. The van der Waals surface area contributed by atoms with Crippen LogP contribution in [0.2, 0.25) is 0 Å². The fourth-order valence-corrected chi connectivity index (χ4v) is 3.56. The summed E-state index contributed by atoms with van der Waals surface area (Å²) < 4.78 is 5.47. The fraction of sp³-hybridized carbons (Fsp3) is 0.647. The van der Waals surface area contributed by atoms with Gasteiger partial charge in [0.25, 0.3) is 5.91 Å². The van der Waals surface area contributed by atoms with Gasteiger partial charge in [0.15, 0.2) is 6.61 Å². The lowest BCUT2D eigenvalue weighted by Gasteiger charge is -2.43. The van der Waals surface area contributed by atoms with Gasteiger partial charge < -0.3 is 20.5 Å². The SMILES string of the molecule is Cl.Cl.O=C(COc1cccnc1)NC(C1CCNCC1)C1CC(O)C1. The molecule has 0 bridgehead atoms. The van der Waals surface area contributed by atoms with Crippen LogP contribution in [0.4, 0.5) is 0 Å². The summed E-state index contributed by atoms with van der Waals surface area (Å²) in [6.45, 7) is 2.00. The van der Waals surface area contributed by atoms with Crippen molar-refractivity contribution >= 4 is 30.7 Å². The first kappa shape index (κ1) is 22.0. The first-order valence-electron chi connectivity index (χ1n) is 8.43. The highest BCUT2D eigenvalue weighted by atomic mass is 35.5. The van der Waals surface area contributed by atoms with Gasteiger partial charge in [0.2, 0.25) is 0 Å². The van der Waals surface area contributed by atoms with Crippen molar-refractivity contribution in [3.8, 4) is 5.75 Å². The molecule has 0 radical (unpaired) electrons. The topological polar surface area (TPSA) is 83.5 Å². The van der Waals surface area contributed by atoms with Crippen molar-refractivity contribution in [1.29, 1.82) is 0 Å². The highest BCUT2D eigenvalue weighted by Gasteiger charge is 2.39. The highest BCUT2D eigenvalue weighted by Crippen LogP contribution is 2.35. The first-order chi connectivity index (χ1) is 11.2. The first-order valence-corrected chi connectivity index (χ1v) is 8.43. The van der Waals surface area contributed by atoms with Crippen LogP contribution in [-0.4, -0.2) is 47.8 Å². The highest BCUT2D eigenvalue weighted by molar-refractivity contribution is 5.85. The van der Waals surface area contributed by atoms with E-state index in [0.717, 1.165) is 38.8 Å². The van der Waals surface area contributed by atoms with Crippen LogP contribution < -0.4 is 15.4 Å². The predicted molar refractivity (Wildman–Crippen MR) is 100 cm³/mol. The van der Waals surface area contributed by atoms with Crippen molar-refractivity contribution in [2.75, 3.05) is 19.7 Å². The number of pyridine rings is 1. The summed E-state index contributed by atoms with van der Waals surface area (Å²) in [6, 6.07) is 3.71. The lowest BCUT2D eigenvalue weighted by atomic mass is 9.71. The van der Waals surface area contributed by atoms with E-state index in [1.54, 1.807) is 24.5 Å². The summed E-state index contributed by atoms with van der Waals surface area (Å²) in [5, 5.41) is 16.1. The van der Waals surface area contributed by atoms with Gasteiger partial charge in [-0.3, -0.25) is 9.78 Å². The number of amides is 1. The molecule has 1 atom stereocenters. The Balaban J connectivity index is 0.00000156. The Morgan fingerprint density at radius 2 is 2.04 bits per heavy atom. The molecule has 25 heavy (non-hydrogen) atoms. The minimum absolute atomic E-state index is 0. The van der Waals surface area contributed by atoms with Gasteiger partial charge >= 0.3 is 0 Å². The third-order valence-electron chi connectivity index (χ3n) is 4.88. The van der Waals surface area contributed by atoms with E-state index in [2.05, 4.69) is 15.6 Å². The lowest BCUT2D eigenvalue weighted by molar-refractivity contribution is -0.125. The van der Waals surface area contributed by atoms with Gasteiger partial charge in [-0.15, -0.1) is 24.8 Å². The maximum atomic E-state index is 12.3. The number of carbonyl (C=O) groups excluding carboxylic acids is 1. The normalized spacial score (nSPS) is 24.0. The number of aromatic nitrogens is 1. The van der Waals surface area contributed by atoms with Gasteiger partial charge in [-0.05, 0) is 62.7 Å². The average Bonchev–Trinajstić information content (AvgIpc) is 2.57. The van der Waals surface area contributed by atoms with Gasteiger partial charge in [-0.2, -0.15) is 0 Å². The summed E-state index contributed by atoms with van der Waals surface area (Å²) in [4.78, 5) is 16.2. The summed E-state index contributed by atoms with van der Waals surface area (Å²) in [5.41, 5.74) is 0. The van der Waals surface area contributed by atoms with Gasteiger partial charge in [-0.1, -0.05) is 0 Å². The number of nitrogens with zero attached hydrogens (tertiary/aromatic N) is 1. The number of rotatable bonds is 6. The van der Waals surface area contributed by atoms with E-state index in [9.17, 15) is 9.90 Å². The van der Waals surface area contributed by atoms with Crippen molar-refractivity contribution in [3.63, 3.8) is 0 Å². The summed E-state index contributed by atoms with van der Waals surface area (Å²) >= 11 is 0. The minimum Gasteiger partial charge on any atom is -0.482 e. The molecule has 142 valence electrons. The molecule has 1 saturated heterocycles. The lowest BCUT2D eigenvalue weighted by Crippen LogP contribution is -2.53. The van der Waals surface area contributed by atoms with E-state index >= 15 is 0 Å². The molecule has 1 aliphatic heterocycles. The zero-order valence-electron chi connectivity index (χ0n) is 14.1. The molecule has 2 fully saturated rings. The zero-order valence-corrected chi connectivity index (χ0v) is 15.7. The van der Waals surface area contributed by atoms with Gasteiger partial charge in [0, 0.05) is 12.2 Å². The van der Waals surface area contributed by atoms with Crippen LogP contribution in [0.15, 0.2) is 24.5 Å². The largest absolute Gasteiger partial charge is 0.482 e. The second-order valence-corrected chi connectivity index (χ2v) is 6.54. The van der Waals surface area contributed by atoms with E-state index in [1.807, 2.05) is 0 Å². The second-order valence-electron chi connectivity index (χ2n) is 6.54. The number of nitrogens with one attached hydrogen (secondary N) is 2. The Morgan fingerprint density at radius 1 is 1.32 bits per heavy atom. The maximum Gasteiger partial charge on any atom is 0.258 e. The van der Waals surface area contributed by atoms with E-state index in [0.29, 0.717) is 17.6 Å². The third kappa shape index (κ3) is 6.29. The second kappa shape index (κ2) is 10.8. The predicted octanol–water partition coefficient (Wildman–Crippen LogP) is 1.56. The zero-order chi connectivity index (χ0) is 16.1. The van der Waals surface area contributed by atoms with E-state index in [-0.39, 0.29) is 49.5 Å². The molecule has 0 spiro atoms. The van der Waals surface area contributed by atoms with Crippen LogP contribution in [0.25, 0.3) is 0 Å². The van der Waals surface area contributed by atoms with Crippen molar-refractivity contribution in [2.24, 2.45) is 11.8 Å². The van der Waals surface area contributed by atoms with Gasteiger partial charge in [0.05, 0.1) is 12.3 Å².